The first-order chi connectivity index (χ1) is 10.5. The molecule has 2 unspecified atom stereocenters. The SMILES string of the molecule is CCCNC(=O)c1ccc(NC(=O)C2CC(O)CN2)cc1Cl. The highest BCUT2D eigenvalue weighted by Crippen LogP contribution is 2.21. The van der Waals surface area contributed by atoms with Crippen molar-refractivity contribution in [2.24, 2.45) is 0 Å². The molecule has 0 spiro atoms. The molecule has 7 heteroatoms. The number of β-amino-alcohol motifs (C(OH)–C–C–N with tert-alkyl or cyclic N) is 1. The van der Waals surface area contributed by atoms with Crippen molar-refractivity contribution in [1.29, 1.82) is 0 Å². The van der Waals surface area contributed by atoms with E-state index in [-0.39, 0.29) is 16.8 Å². The minimum Gasteiger partial charge on any atom is -0.392 e. The lowest BCUT2D eigenvalue weighted by Crippen LogP contribution is -2.35. The number of nitrogens with one attached hydrogen (secondary N) is 3. The van der Waals surface area contributed by atoms with Crippen molar-refractivity contribution in [2.45, 2.75) is 31.9 Å². The number of carbonyl (C=O) groups is 2. The molecule has 2 rings (SSSR count). The van der Waals surface area contributed by atoms with Gasteiger partial charge in [0.2, 0.25) is 5.91 Å². The largest absolute Gasteiger partial charge is 0.392 e. The molecule has 0 aromatic heterocycles. The van der Waals surface area contributed by atoms with Gasteiger partial charge in [0.1, 0.15) is 0 Å². The third-order valence-corrected chi connectivity index (χ3v) is 3.75. The van der Waals surface area contributed by atoms with E-state index >= 15 is 0 Å². The van der Waals surface area contributed by atoms with E-state index in [0.717, 1.165) is 6.42 Å². The zero-order valence-corrected chi connectivity index (χ0v) is 13.1. The molecule has 1 fully saturated rings. The lowest BCUT2D eigenvalue weighted by Gasteiger charge is -2.12. The fourth-order valence-electron chi connectivity index (χ4n) is 2.26. The summed E-state index contributed by atoms with van der Waals surface area (Å²) in [6.07, 6.45) is 0.735. The molecule has 1 aliphatic heterocycles. The molecular formula is C15H20ClN3O3. The minimum absolute atomic E-state index is 0.226. The topological polar surface area (TPSA) is 90.5 Å². The number of benzene rings is 1. The average Bonchev–Trinajstić information content (AvgIpc) is 2.91. The van der Waals surface area contributed by atoms with Crippen LogP contribution < -0.4 is 16.0 Å². The molecule has 4 N–H and O–H groups in total. The minimum atomic E-state index is -0.496. The molecule has 1 heterocycles. The monoisotopic (exact) mass is 325 g/mol. The summed E-state index contributed by atoms with van der Waals surface area (Å²) in [5, 5.41) is 18.1. The standard InChI is InChI=1S/C15H20ClN3O3/c1-2-5-17-14(21)11-4-3-9(6-12(11)16)19-15(22)13-7-10(20)8-18-13/h3-4,6,10,13,18,20H,2,5,7-8H2,1H3,(H,17,21)(H,19,22). The Balaban J connectivity index is 2.00. The van der Waals surface area contributed by atoms with E-state index in [0.29, 0.717) is 30.8 Å². The maximum absolute atomic E-state index is 12.0. The second-order valence-electron chi connectivity index (χ2n) is 5.29. The number of aliphatic hydroxyl groups excluding tert-OH is 1. The smallest absolute Gasteiger partial charge is 0.252 e. The van der Waals surface area contributed by atoms with Crippen molar-refractivity contribution < 1.29 is 14.7 Å². The summed E-state index contributed by atoms with van der Waals surface area (Å²) < 4.78 is 0. The molecule has 0 bridgehead atoms. The molecule has 1 aliphatic rings. The molecule has 1 aromatic rings. The molecule has 6 nitrogen and oxygen atoms in total. The maximum Gasteiger partial charge on any atom is 0.252 e. The molecule has 0 aliphatic carbocycles. The van der Waals surface area contributed by atoms with Gasteiger partial charge in [0.25, 0.3) is 5.91 Å². The number of anilines is 1. The third-order valence-electron chi connectivity index (χ3n) is 3.44. The van der Waals surface area contributed by atoms with E-state index in [9.17, 15) is 14.7 Å². The summed E-state index contributed by atoms with van der Waals surface area (Å²) in [6.45, 7) is 2.97. The number of amides is 2. The Morgan fingerprint density at radius 3 is 2.82 bits per heavy atom. The van der Waals surface area contributed by atoms with Crippen molar-refractivity contribution in [2.75, 3.05) is 18.4 Å². The Labute approximate surface area is 134 Å². The zero-order valence-electron chi connectivity index (χ0n) is 12.4. The van der Waals surface area contributed by atoms with Gasteiger partial charge in [-0.1, -0.05) is 18.5 Å². The average molecular weight is 326 g/mol. The normalized spacial score (nSPS) is 20.7. The summed E-state index contributed by atoms with van der Waals surface area (Å²) in [5.74, 6) is -0.457. The van der Waals surface area contributed by atoms with Crippen LogP contribution in [0.2, 0.25) is 5.02 Å². The maximum atomic E-state index is 12.0. The highest BCUT2D eigenvalue weighted by molar-refractivity contribution is 6.34. The van der Waals surface area contributed by atoms with Gasteiger partial charge in [-0.05, 0) is 31.0 Å². The first-order valence-electron chi connectivity index (χ1n) is 7.31. The van der Waals surface area contributed by atoms with Crippen LogP contribution in [0.4, 0.5) is 5.69 Å². The van der Waals surface area contributed by atoms with Crippen LogP contribution in [-0.4, -0.2) is 42.2 Å². The van der Waals surface area contributed by atoms with Gasteiger partial charge in [0.05, 0.1) is 22.7 Å². The van der Waals surface area contributed by atoms with E-state index in [1.54, 1.807) is 18.2 Å². The second-order valence-corrected chi connectivity index (χ2v) is 5.70. The van der Waals surface area contributed by atoms with Gasteiger partial charge in [-0.15, -0.1) is 0 Å². The molecular weight excluding hydrogens is 306 g/mol. The van der Waals surface area contributed by atoms with Crippen molar-refractivity contribution >= 4 is 29.1 Å². The number of hydrogen-bond donors (Lipinski definition) is 4. The van der Waals surface area contributed by atoms with E-state index in [2.05, 4.69) is 16.0 Å². The number of halogens is 1. The quantitative estimate of drug-likeness (QED) is 0.653. The van der Waals surface area contributed by atoms with Crippen LogP contribution in [-0.2, 0) is 4.79 Å². The fourth-order valence-corrected chi connectivity index (χ4v) is 2.52. The first-order valence-corrected chi connectivity index (χ1v) is 7.69. The molecule has 2 amide bonds. The molecule has 0 saturated carbocycles. The van der Waals surface area contributed by atoms with Crippen molar-refractivity contribution in [3.8, 4) is 0 Å². The Bertz CT molecular complexity index is 565. The van der Waals surface area contributed by atoms with Crippen molar-refractivity contribution in [3.63, 3.8) is 0 Å². The van der Waals surface area contributed by atoms with Crippen LogP contribution in [0.1, 0.15) is 30.1 Å². The summed E-state index contributed by atoms with van der Waals surface area (Å²) >= 11 is 6.10. The van der Waals surface area contributed by atoms with Crippen LogP contribution in [0.5, 0.6) is 0 Å². The lowest BCUT2D eigenvalue weighted by atomic mass is 10.1. The summed E-state index contributed by atoms with van der Waals surface area (Å²) in [7, 11) is 0. The molecule has 2 atom stereocenters. The van der Waals surface area contributed by atoms with Gasteiger partial charge >= 0.3 is 0 Å². The van der Waals surface area contributed by atoms with E-state index in [4.69, 9.17) is 11.6 Å². The number of hydrogen-bond acceptors (Lipinski definition) is 4. The van der Waals surface area contributed by atoms with Crippen LogP contribution >= 0.6 is 11.6 Å². The van der Waals surface area contributed by atoms with Crippen LogP contribution in [0, 0.1) is 0 Å². The van der Waals surface area contributed by atoms with E-state index in [1.807, 2.05) is 6.92 Å². The van der Waals surface area contributed by atoms with E-state index in [1.165, 1.54) is 0 Å². The van der Waals surface area contributed by atoms with Gasteiger partial charge in [-0.2, -0.15) is 0 Å². The summed E-state index contributed by atoms with van der Waals surface area (Å²) in [6, 6.07) is 4.35. The molecule has 1 saturated heterocycles. The van der Waals surface area contributed by atoms with Gasteiger partial charge in [0, 0.05) is 18.8 Å². The number of rotatable bonds is 5. The van der Waals surface area contributed by atoms with Crippen LogP contribution in [0.3, 0.4) is 0 Å². The predicted octanol–water partition coefficient (Wildman–Crippen LogP) is 1.14. The first kappa shape index (κ1) is 16.7. The van der Waals surface area contributed by atoms with Gasteiger partial charge in [-0.25, -0.2) is 0 Å². The van der Waals surface area contributed by atoms with Crippen molar-refractivity contribution in [1.82, 2.24) is 10.6 Å². The summed E-state index contributed by atoms with van der Waals surface area (Å²) in [4.78, 5) is 23.9. The predicted molar refractivity (Wildman–Crippen MR) is 85.1 cm³/mol. The van der Waals surface area contributed by atoms with Crippen LogP contribution in [0.15, 0.2) is 18.2 Å². The summed E-state index contributed by atoms with van der Waals surface area (Å²) in [5.41, 5.74) is 0.896. The Morgan fingerprint density at radius 1 is 1.45 bits per heavy atom. The molecule has 1 aromatic carbocycles. The zero-order chi connectivity index (χ0) is 16.1. The highest BCUT2D eigenvalue weighted by Gasteiger charge is 2.28. The number of carbonyl (C=O) groups excluding carboxylic acids is 2. The Morgan fingerprint density at radius 2 is 2.23 bits per heavy atom. The molecule has 22 heavy (non-hydrogen) atoms. The van der Waals surface area contributed by atoms with Crippen molar-refractivity contribution in [3.05, 3.63) is 28.8 Å². The van der Waals surface area contributed by atoms with Gasteiger partial charge < -0.3 is 21.1 Å². The molecule has 0 radical (unpaired) electrons. The van der Waals surface area contributed by atoms with Crippen LogP contribution in [0.25, 0.3) is 0 Å². The fraction of sp³-hybridized carbons (Fsp3) is 0.467. The second kappa shape index (κ2) is 7.58. The lowest BCUT2D eigenvalue weighted by molar-refractivity contribution is -0.117. The van der Waals surface area contributed by atoms with E-state index < -0.39 is 12.1 Å². The molecule has 120 valence electrons. The van der Waals surface area contributed by atoms with Gasteiger partial charge in [-0.3, -0.25) is 9.59 Å². The Hall–Kier alpha value is -1.63. The Kier molecular flexibility index (Phi) is 5.76. The van der Waals surface area contributed by atoms with Gasteiger partial charge in [0.15, 0.2) is 0 Å². The third kappa shape index (κ3) is 4.19. The number of aliphatic hydroxyl groups is 1. The highest BCUT2D eigenvalue weighted by atomic mass is 35.5.